The van der Waals surface area contributed by atoms with Crippen LogP contribution in [0.25, 0.3) is 0 Å². The fraction of sp³-hybridized carbons (Fsp3) is 0.458. The standard InChI is InChI=1S/C24H32N2O3/c1-2-3-4-6-9-20-11-13-21(14-12-20)25-26-22-15-17-23(18-16-22)29-19-8-5-7-10-24(27)28/h11-18H,2-10,19H2,1H3,(H,27,28). The number of hydrogen-bond acceptors (Lipinski definition) is 4. The number of carboxylic acids is 1. The molecule has 5 heteroatoms. The second kappa shape index (κ2) is 13.5. The van der Waals surface area contributed by atoms with E-state index in [9.17, 15) is 4.79 Å². The number of aliphatic carboxylic acids is 1. The van der Waals surface area contributed by atoms with Gasteiger partial charge in [0.1, 0.15) is 5.75 Å². The molecule has 0 aliphatic heterocycles. The fourth-order valence-corrected chi connectivity index (χ4v) is 2.95. The first-order chi connectivity index (χ1) is 14.2. The lowest BCUT2D eigenvalue weighted by Crippen LogP contribution is -1.98. The summed E-state index contributed by atoms with van der Waals surface area (Å²) in [6.07, 6.45) is 8.86. The molecule has 0 aliphatic rings. The van der Waals surface area contributed by atoms with Crippen LogP contribution in [0, 0.1) is 0 Å². The molecule has 1 N–H and O–H groups in total. The molecule has 0 saturated carbocycles. The van der Waals surface area contributed by atoms with Crippen molar-refractivity contribution < 1.29 is 14.6 Å². The quantitative estimate of drug-likeness (QED) is 0.270. The Kier molecular flexibility index (Phi) is 10.5. The number of carboxylic acid groups (broad SMARTS) is 1. The summed E-state index contributed by atoms with van der Waals surface area (Å²) < 4.78 is 5.67. The molecule has 2 rings (SSSR count). The van der Waals surface area contributed by atoms with E-state index in [2.05, 4.69) is 29.3 Å². The van der Waals surface area contributed by atoms with Gasteiger partial charge in [0.05, 0.1) is 18.0 Å². The molecule has 0 radical (unpaired) electrons. The van der Waals surface area contributed by atoms with Crippen LogP contribution in [-0.2, 0) is 11.2 Å². The highest BCUT2D eigenvalue weighted by Gasteiger charge is 1.99. The summed E-state index contributed by atoms with van der Waals surface area (Å²) in [5, 5.41) is 17.2. The van der Waals surface area contributed by atoms with Crippen LogP contribution in [0.3, 0.4) is 0 Å². The van der Waals surface area contributed by atoms with Crippen LogP contribution in [0.4, 0.5) is 11.4 Å². The molecule has 0 unspecified atom stereocenters. The minimum absolute atomic E-state index is 0.224. The van der Waals surface area contributed by atoms with Crippen molar-refractivity contribution in [2.75, 3.05) is 6.61 Å². The molecular weight excluding hydrogens is 364 g/mol. The Labute approximate surface area is 173 Å². The largest absolute Gasteiger partial charge is 0.494 e. The Hall–Kier alpha value is -2.69. The zero-order valence-electron chi connectivity index (χ0n) is 17.3. The summed E-state index contributed by atoms with van der Waals surface area (Å²) in [6.45, 7) is 2.82. The average Bonchev–Trinajstić information content (AvgIpc) is 2.74. The van der Waals surface area contributed by atoms with E-state index in [0.29, 0.717) is 13.0 Å². The van der Waals surface area contributed by atoms with Crippen LogP contribution < -0.4 is 4.74 Å². The highest BCUT2D eigenvalue weighted by molar-refractivity contribution is 5.66. The minimum Gasteiger partial charge on any atom is -0.494 e. The van der Waals surface area contributed by atoms with Crippen LogP contribution in [0.2, 0.25) is 0 Å². The van der Waals surface area contributed by atoms with Gasteiger partial charge in [-0.25, -0.2) is 0 Å². The van der Waals surface area contributed by atoms with Gasteiger partial charge in [-0.3, -0.25) is 4.79 Å². The van der Waals surface area contributed by atoms with E-state index in [-0.39, 0.29) is 6.42 Å². The molecule has 0 atom stereocenters. The minimum atomic E-state index is -0.742. The highest BCUT2D eigenvalue weighted by Crippen LogP contribution is 2.22. The predicted molar refractivity (Wildman–Crippen MR) is 117 cm³/mol. The van der Waals surface area contributed by atoms with Gasteiger partial charge in [0, 0.05) is 6.42 Å². The van der Waals surface area contributed by atoms with Crippen LogP contribution in [0.5, 0.6) is 5.75 Å². The lowest BCUT2D eigenvalue weighted by molar-refractivity contribution is -0.137. The number of aryl methyl sites for hydroxylation is 1. The van der Waals surface area contributed by atoms with E-state index < -0.39 is 5.97 Å². The maximum absolute atomic E-state index is 10.5. The predicted octanol–water partition coefficient (Wildman–Crippen LogP) is 7.25. The zero-order chi connectivity index (χ0) is 20.7. The van der Waals surface area contributed by atoms with Gasteiger partial charge in [-0.2, -0.15) is 10.2 Å². The van der Waals surface area contributed by atoms with Gasteiger partial charge in [0.2, 0.25) is 0 Å². The molecule has 0 aromatic heterocycles. The molecule has 2 aromatic carbocycles. The molecule has 2 aromatic rings. The number of azo groups is 1. The first kappa shape index (κ1) is 22.6. The molecule has 0 bridgehead atoms. The van der Waals surface area contributed by atoms with Crippen molar-refractivity contribution in [3.63, 3.8) is 0 Å². The third-order valence-corrected chi connectivity index (χ3v) is 4.68. The van der Waals surface area contributed by atoms with Crippen molar-refractivity contribution in [2.24, 2.45) is 10.2 Å². The van der Waals surface area contributed by atoms with Gasteiger partial charge in [-0.15, -0.1) is 0 Å². The van der Waals surface area contributed by atoms with E-state index in [1.807, 2.05) is 36.4 Å². The molecule has 0 heterocycles. The number of unbranched alkanes of at least 4 members (excludes halogenated alkanes) is 5. The Morgan fingerprint density at radius 3 is 2.07 bits per heavy atom. The second-order valence-electron chi connectivity index (χ2n) is 7.22. The molecular formula is C24H32N2O3. The van der Waals surface area contributed by atoms with Gasteiger partial charge in [0.15, 0.2) is 0 Å². The van der Waals surface area contributed by atoms with E-state index in [1.165, 1.54) is 31.2 Å². The number of hydrogen-bond donors (Lipinski definition) is 1. The first-order valence-corrected chi connectivity index (χ1v) is 10.6. The molecule has 0 spiro atoms. The summed E-state index contributed by atoms with van der Waals surface area (Å²) in [5.74, 6) is 0.0450. The first-order valence-electron chi connectivity index (χ1n) is 10.6. The Morgan fingerprint density at radius 2 is 1.45 bits per heavy atom. The van der Waals surface area contributed by atoms with Crippen LogP contribution in [0.1, 0.15) is 63.9 Å². The third kappa shape index (κ3) is 9.88. The summed E-state index contributed by atoms with van der Waals surface area (Å²) in [7, 11) is 0. The lowest BCUT2D eigenvalue weighted by atomic mass is 10.1. The Bertz CT molecular complexity index is 740. The molecule has 5 nitrogen and oxygen atoms in total. The van der Waals surface area contributed by atoms with Gasteiger partial charge >= 0.3 is 5.97 Å². The maximum atomic E-state index is 10.5. The third-order valence-electron chi connectivity index (χ3n) is 4.68. The topological polar surface area (TPSA) is 71.2 Å². The van der Waals surface area contributed by atoms with E-state index in [0.717, 1.165) is 36.4 Å². The SMILES string of the molecule is CCCCCCc1ccc(N=Nc2ccc(OCCCCCC(=O)O)cc2)cc1. The van der Waals surface area contributed by atoms with Crippen molar-refractivity contribution in [2.45, 2.75) is 64.7 Å². The number of rotatable bonds is 14. The van der Waals surface area contributed by atoms with E-state index in [1.54, 1.807) is 0 Å². The summed E-state index contributed by atoms with van der Waals surface area (Å²) >= 11 is 0. The molecule has 29 heavy (non-hydrogen) atoms. The van der Waals surface area contributed by atoms with Gasteiger partial charge in [-0.1, -0.05) is 38.3 Å². The maximum Gasteiger partial charge on any atom is 0.303 e. The van der Waals surface area contributed by atoms with Crippen molar-refractivity contribution in [1.82, 2.24) is 0 Å². The number of ether oxygens (including phenoxy) is 1. The lowest BCUT2D eigenvalue weighted by Gasteiger charge is -2.05. The van der Waals surface area contributed by atoms with Gasteiger partial charge in [-0.05, 0) is 74.1 Å². The Morgan fingerprint density at radius 1 is 0.828 bits per heavy atom. The number of benzene rings is 2. The molecule has 0 amide bonds. The monoisotopic (exact) mass is 396 g/mol. The number of nitrogens with zero attached hydrogens (tertiary/aromatic N) is 2. The normalized spacial score (nSPS) is 11.1. The average molecular weight is 397 g/mol. The molecule has 0 saturated heterocycles. The molecule has 0 fully saturated rings. The summed E-state index contributed by atoms with van der Waals surface area (Å²) in [5.41, 5.74) is 2.98. The van der Waals surface area contributed by atoms with E-state index in [4.69, 9.17) is 9.84 Å². The highest BCUT2D eigenvalue weighted by atomic mass is 16.5. The van der Waals surface area contributed by atoms with E-state index >= 15 is 0 Å². The summed E-state index contributed by atoms with van der Waals surface area (Å²) in [4.78, 5) is 10.5. The second-order valence-corrected chi connectivity index (χ2v) is 7.22. The Balaban J connectivity index is 1.71. The van der Waals surface area contributed by atoms with Crippen molar-refractivity contribution in [3.8, 4) is 5.75 Å². The smallest absolute Gasteiger partial charge is 0.303 e. The fourth-order valence-electron chi connectivity index (χ4n) is 2.95. The molecule has 0 aliphatic carbocycles. The van der Waals surface area contributed by atoms with Crippen molar-refractivity contribution in [1.29, 1.82) is 0 Å². The molecule has 156 valence electrons. The van der Waals surface area contributed by atoms with Crippen LogP contribution in [0.15, 0.2) is 58.8 Å². The zero-order valence-corrected chi connectivity index (χ0v) is 17.3. The van der Waals surface area contributed by atoms with Crippen molar-refractivity contribution in [3.05, 3.63) is 54.1 Å². The van der Waals surface area contributed by atoms with Gasteiger partial charge in [0.25, 0.3) is 0 Å². The van der Waals surface area contributed by atoms with Crippen LogP contribution in [-0.4, -0.2) is 17.7 Å². The number of carbonyl (C=O) groups is 1. The summed E-state index contributed by atoms with van der Waals surface area (Å²) in [6, 6.07) is 15.8. The van der Waals surface area contributed by atoms with Crippen LogP contribution >= 0.6 is 0 Å². The van der Waals surface area contributed by atoms with Gasteiger partial charge < -0.3 is 9.84 Å². The van der Waals surface area contributed by atoms with Crippen molar-refractivity contribution >= 4 is 17.3 Å².